The molecule has 0 unspecified atom stereocenters. The predicted octanol–water partition coefficient (Wildman–Crippen LogP) is 4.71. The van der Waals surface area contributed by atoms with Crippen LogP contribution in [0.4, 0.5) is 11.6 Å². The number of anilines is 2. The van der Waals surface area contributed by atoms with Gasteiger partial charge in [-0.1, -0.05) is 52.0 Å². The van der Waals surface area contributed by atoms with E-state index in [0.717, 1.165) is 74.8 Å². The van der Waals surface area contributed by atoms with Crippen LogP contribution in [0.25, 0.3) is 21.5 Å². The minimum atomic E-state index is 0. The van der Waals surface area contributed by atoms with Crippen LogP contribution in [0, 0.1) is 0 Å². The molecule has 0 spiro atoms. The average molecular weight is 445 g/mol. The van der Waals surface area contributed by atoms with Crippen LogP contribution in [-0.4, -0.2) is 72.4 Å². The second-order valence-electron chi connectivity index (χ2n) is 7.55. The lowest BCUT2D eigenvalue weighted by molar-refractivity contribution is 0.316. The number of aromatic nitrogens is 2. The molecule has 0 atom stereocenters. The van der Waals surface area contributed by atoms with Gasteiger partial charge in [-0.2, -0.15) is 0 Å². The summed E-state index contributed by atoms with van der Waals surface area (Å²) in [5, 5.41) is 20.8. The molecule has 6 nitrogen and oxygen atoms in total. The van der Waals surface area contributed by atoms with Crippen LogP contribution < -0.4 is 10.6 Å². The summed E-state index contributed by atoms with van der Waals surface area (Å²) in [5.74, 6) is 1.72. The molecule has 0 saturated heterocycles. The van der Waals surface area contributed by atoms with Crippen LogP contribution >= 0.6 is 12.4 Å². The number of fused-ring (bicyclic) bond motifs is 2. The summed E-state index contributed by atoms with van der Waals surface area (Å²) in [6.45, 7) is 16.7. The van der Waals surface area contributed by atoms with Crippen LogP contribution in [0.1, 0.15) is 27.7 Å². The molecule has 1 aromatic heterocycles. The van der Waals surface area contributed by atoms with Crippen molar-refractivity contribution in [3.05, 3.63) is 36.4 Å². The maximum atomic E-state index is 4.54. The molecule has 0 aliphatic carbocycles. The largest absolute Gasteiger partial charge is 0.367 e. The van der Waals surface area contributed by atoms with Gasteiger partial charge in [0.25, 0.3) is 0 Å². The van der Waals surface area contributed by atoms with Gasteiger partial charge in [0.15, 0.2) is 11.6 Å². The molecule has 2 aromatic carbocycles. The Morgan fingerprint density at radius 2 is 1.06 bits per heavy atom. The molecule has 3 rings (SSSR count). The number of nitrogens with one attached hydrogen (secondary N) is 2. The summed E-state index contributed by atoms with van der Waals surface area (Å²) in [5.41, 5.74) is 0. The van der Waals surface area contributed by atoms with Gasteiger partial charge in [-0.05, 0) is 49.1 Å². The van der Waals surface area contributed by atoms with E-state index in [-0.39, 0.29) is 12.4 Å². The van der Waals surface area contributed by atoms with Crippen molar-refractivity contribution in [2.75, 3.05) is 63.0 Å². The van der Waals surface area contributed by atoms with Crippen molar-refractivity contribution in [2.45, 2.75) is 27.7 Å². The highest BCUT2D eigenvalue weighted by molar-refractivity contribution is 6.06. The van der Waals surface area contributed by atoms with Gasteiger partial charge < -0.3 is 20.4 Å². The summed E-state index contributed by atoms with van der Waals surface area (Å²) < 4.78 is 0. The summed E-state index contributed by atoms with van der Waals surface area (Å²) in [7, 11) is 0. The normalized spacial score (nSPS) is 11.3. The molecule has 0 bridgehead atoms. The fourth-order valence-corrected chi connectivity index (χ4v) is 3.85. The Kier molecular flexibility index (Phi) is 10.2. The molecule has 0 fully saturated rings. The van der Waals surface area contributed by atoms with Crippen molar-refractivity contribution in [3.63, 3.8) is 0 Å². The third-order valence-corrected chi connectivity index (χ3v) is 5.88. The lowest BCUT2D eigenvalue weighted by atomic mass is 10.0. The number of rotatable bonds is 12. The van der Waals surface area contributed by atoms with Gasteiger partial charge in [0.05, 0.1) is 0 Å². The molecule has 7 heteroatoms. The van der Waals surface area contributed by atoms with Crippen molar-refractivity contribution in [1.29, 1.82) is 0 Å². The summed E-state index contributed by atoms with van der Waals surface area (Å²) in [6, 6.07) is 12.9. The van der Waals surface area contributed by atoms with Gasteiger partial charge in [0.1, 0.15) is 0 Å². The van der Waals surface area contributed by atoms with E-state index in [0.29, 0.717) is 0 Å². The van der Waals surface area contributed by atoms with Gasteiger partial charge in [-0.3, -0.25) is 0 Å². The standard InChI is InChI=1S/C24H36N6.ClH/c1-5-29(6-2)15-13-25-23-21-17-19-11-9-10-12-20(19)18-22(21)24(28-27-23)26-14-16-30(7-3)8-4;/h9-12,17-18H,5-8,13-16H2,1-4H3,(H,25,27)(H,26,28);1H. The molecule has 0 amide bonds. The molecule has 1 heterocycles. The molecule has 0 aliphatic heterocycles. The van der Waals surface area contributed by atoms with E-state index in [4.69, 9.17) is 0 Å². The monoisotopic (exact) mass is 444 g/mol. The van der Waals surface area contributed by atoms with Crippen molar-refractivity contribution in [2.24, 2.45) is 0 Å². The van der Waals surface area contributed by atoms with E-state index in [2.05, 4.69) is 94.7 Å². The van der Waals surface area contributed by atoms with Crippen LogP contribution in [0.2, 0.25) is 0 Å². The zero-order valence-corrected chi connectivity index (χ0v) is 20.1. The highest BCUT2D eigenvalue weighted by atomic mass is 35.5. The Morgan fingerprint density at radius 1 is 0.677 bits per heavy atom. The molecule has 0 aliphatic rings. The first-order chi connectivity index (χ1) is 14.7. The molecule has 0 saturated carbocycles. The van der Waals surface area contributed by atoms with Crippen LogP contribution in [0.5, 0.6) is 0 Å². The number of likely N-dealkylation sites (N-methyl/N-ethyl adjacent to an activating group) is 2. The summed E-state index contributed by atoms with van der Waals surface area (Å²) in [6.07, 6.45) is 0. The second-order valence-corrected chi connectivity index (χ2v) is 7.55. The zero-order valence-electron chi connectivity index (χ0n) is 19.3. The third kappa shape index (κ3) is 6.42. The Morgan fingerprint density at radius 3 is 1.42 bits per heavy atom. The minimum Gasteiger partial charge on any atom is -0.367 e. The quantitative estimate of drug-likeness (QED) is 0.394. The van der Waals surface area contributed by atoms with E-state index in [9.17, 15) is 0 Å². The first kappa shape index (κ1) is 25.1. The first-order valence-electron chi connectivity index (χ1n) is 11.3. The van der Waals surface area contributed by atoms with Gasteiger partial charge >= 0.3 is 0 Å². The molecular weight excluding hydrogens is 408 g/mol. The second kappa shape index (κ2) is 12.6. The maximum absolute atomic E-state index is 4.54. The van der Waals surface area contributed by atoms with E-state index in [1.54, 1.807) is 0 Å². The topological polar surface area (TPSA) is 56.3 Å². The fourth-order valence-electron chi connectivity index (χ4n) is 3.85. The molecule has 31 heavy (non-hydrogen) atoms. The minimum absolute atomic E-state index is 0. The SMILES string of the molecule is CCN(CC)CCNc1nnc(NCCN(CC)CC)c2cc3ccccc3cc12.Cl. The molecule has 2 N–H and O–H groups in total. The number of hydrogen-bond acceptors (Lipinski definition) is 6. The van der Waals surface area contributed by atoms with E-state index in [1.165, 1.54) is 10.8 Å². The smallest absolute Gasteiger partial charge is 0.156 e. The first-order valence-corrected chi connectivity index (χ1v) is 11.3. The predicted molar refractivity (Wildman–Crippen MR) is 137 cm³/mol. The third-order valence-electron chi connectivity index (χ3n) is 5.88. The van der Waals surface area contributed by atoms with Crippen molar-refractivity contribution < 1.29 is 0 Å². The van der Waals surface area contributed by atoms with Crippen LogP contribution in [0.15, 0.2) is 36.4 Å². The van der Waals surface area contributed by atoms with E-state index < -0.39 is 0 Å². The van der Waals surface area contributed by atoms with Crippen LogP contribution in [-0.2, 0) is 0 Å². The van der Waals surface area contributed by atoms with Gasteiger partial charge in [-0.15, -0.1) is 22.6 Å². The highest BCUT2D eigenvalue weighted by Gasteiger charge is 2.11. The average Bonchev–Trinajstić information content (AvgIpc) is 2.79. The number of hydrogen-bond donors (Lipinski definition) is 2. The highest BCUT2D eigenvalue weighted by Crippen LogP contribution is 2.30. The zero-order chi connectivity index (χ0) is 21.3. The van der Waals surface area contributed by atoms with Gasteiger partial charge in [0.2, 0.25) is 0 Å². The number of halogens is 1. The van der Waals surface area contributed by atoms with E-state index in [1.807, 2.05) is 0 Å². The molecular formula is C24H37ClN6. The lowest BCUT2D eigenvalue weighted by Crippen LogP contribution is -2.29. The fraction of sp³-hybridized carbons (Fsp3) is 0.500. The maximum Gasteiger partial charge on any atom is 0.156 e. The Bertz CT molecular complexity index is 864. The molecule has 170 valence electrons. The number of benzene rings is 2. The molecule has 3 aromatic rings. The van der Waals surface area contributed by atoms with E-state index >= 15 is 0 Å². The van der Waals surface area contributed by atoms with Gasteiger partial charge in [0, 0.05) is 37.0 Å². The van der Waals surface area contributed by atoms with Crippen LogP contribution in [0.3, 0.4) is 0 Å². The summed E-state index contributed by atoms with van der Waals surface area (Å²) in [4.78, 5) is 4.81. The lowest BCUT2D eigenvalue weighted by Gasteiger charge is -2.20. The Labute approximate surface area is 192 Å². The summed E-state index contributed by atoms with van der Waals surface area (Å²) >= 11 is 0. The van der Waals surface area contributed by atoms with Gasteiger partial charge in [-0.25, -0.2) is 0 Å². The van der Waals surface area contributed by atoms with Crippen molar-refractivity contribution in [3.8, 4) is 0 Å². The Hall–Kier alpha value is -2.15. The molecule has 0 radical (unpaired) electrons. The Balaban J connectivity index is 0.00000341. The van der Waals surface area contributed by atoms with Crippen molar-refractivity contribution >= 4 is 45.6 Å². The van der Waals surface area contributed by atoms with Crippen molar-refractivity contribution in [1.82, 2.24) is 20.0 Å². The number of nitrogens with zero attached hydrogens (tertiary/aromatic N) is 4.